The molecule has 0 aliphatic carbocycles. The monoisotopic (exact) mass is 433 g/mol. The minimum absolute atomic E-state index is 0.0185. The molecule has 2 aromatic rings. The average molecular weight is 433 g/mol. The molecule has 0 saturated heterocycles. The maximum absolute atomic E-state index is 13.0. The summed E-state index contributed by atoms with van der Waals surface area (Å²) in [5.74, 6) is -2.74. The van der Waals surface area contributed by atoms with Crippen molar-refractivity contribution in [2.24, 2.45) is 5.73 Å². The van der Waals surface area contributed by atoms with E-state index < -0.39 is 58.1 Å². The molecule has 0 spiro atoms. The number of ketones is 1. The molecule has 3 atom stereocenters. The zero-order valence-corrected chi connectivity index (χ0v) is 17.0. The van der Waals surface area contributed by atoms with Gasteiger partial charge < -0.3 is 26.6 Å². The molecule has 6 N–H and O–H groups in total. The van der Waals surface area contributed by atoms with Crippen molar-refractivity contribution in [3.8, 4) is 17.4 Å². The van der Waals surface area contributed by atoms with Crippen LogP contribution in [0.1, 0.15) is 31.1 Å². The number of rotatable bonds is 8. The predicted octanol–water partition coefficient (Wildman–Crippen LogP) is 0.336. The van der Waals surface area contributed by atoms with E-state index in [1.54, 1.807) is 0 Å². The first kappa shape index (κ1) is 23.3. The van der Waals surface area contributed by atoms with Crippen LogP contribution in [0.5, 0.6) is 11.8 Å². The third kappa shape index (κ3) is 5.17. The fourth-order valence-corrected chi connectivity index (χ4v) is 2.74. The highest BCUT2D eigenvalue weighted by Gasteiger charge is 2.27. The van der Waals surface area contributed by atoms with Gasteiger partial charge in [0.25, 0.3) is 5.69 Å². The zero-order valence-electron chi connectivity index (χ0n) is 17.0. The van der Waals surface area contributed by atoms with Gasteiger partial charge in [-0.3, -0.25) is 29.1 Å². The van der Waals surface area contributed by atoms with E-state index in [1.807, 2.05) is 0 Å². The van der Waals surface area contributed by atoms with E-state index in [0.29, 0.717) is 0 Å². The van der Waals surface area contributed by atoms with Crippen molar-refractivity contribution in [1.82, 2.24) is 15.2 Å². The van der Waals surface area contributed by atoms with Gasteiger partial charge in [-0.1, -0.05) is 0 Å². The van der Waals surface area contributed by atoms with Gasteiger partial charge in [-0.2, -0.15) is 0 Å². The molecule has 0 unspecified atom stereocenters. The Morgan fingerprint density at radius 3 is 2.06 bits per heavy atom. The molecule has 2 rings (SSSR count). The van der Waals surface area contributed by atoms with Crippen molar-refractivity contribution in [3.05, 3.63) is 46.0 Å². The minimum Gasteiger partial charge on any atom is -0.494 e. The van der Waals surface area contributed by atoms with Gasteiger partial charge in [-0.25, -0.2) is 0 Å². The standard InChI is InChI=1S/C19H23N5O7/c1-9(20)18(28)22-11(3)19(29)21-10(2)17(27)13-8-12(24(30)31)4-5-14(13)23-15(25)6-7-16(23)26/h4-11,25-26H,20H2,1-3H3,(H,21,29)(H,22,28)/t9-,10-,11-/m0/s1. The fraction of sp³-hybridized carbons (Fsp3) is 0.316. The molecule has 166 valence electrons. The van der Waals surface area contributed by atoms with E-state index in [1.165, 1.54) is 39.0 Å². The van der Waals surface area contributed by atoms with Crippen LogP contribution in [0.25, 0.3) is 5.69 Å². The number of amides is 2. The van der Waals surface area contributed by atoms with Crippen molar-refractivity contribution in [3.63, 3.8) is 0 Å². The first-order valence-corrected chi connectivity index (χ1v) is 9.23. The van der Waals surface area contributed by atoms with Crippen LogP contribution >= 0.6 is 0 Å². The predicted molar refractivity (Wildman–Crippen MR) is 109 cm³/mol. The molecule has 12 nitrogen and oxygen atoms in total. The largest absolute Gasteiger partial charge is 0.494 e. The van der Waals surface area contributed by atoms with E-state index >= 15 is 0 Å². The lowest BCUT2D eigenvalue weighted by Crippen LogP contribution is -2.52. The molecule has 0 fully saturated rings. The van der Waals surface area contributed by atoms with Gasteiger partial charge in [0.15, 0.2) is 17.5 Å². The van der Waals surface area contributed by atoms with Crippen LogP contribution in [0, 0.1) is 10.1 Å². The fourth-order valence-electron chi connectivity index (χ4n) is 2.74. The molecule has 2 amide bonds. The SMILES string of the molecule is C[C@H](N)C(=O)N[C@@H](C)C(=O)N[C@@H](C)C(=O)c1cc([N+](=O)[O-])ccc1-n1c(O)ccc1O. The van der Waals surface area contributed by atoms with Crippen molar-refractivity contribution >= 4 is 23.3 Å². The number of non-ortho nitro benzene ring substituents is 1. The molecular formula is C19H23N5O7. The normalized spacial score (nSPS) is 13.7. The topological polar surface area (TPSA) is 190 Å². The number of nitrogens with zero attached hydrogens (tertiary/aromatic N) is 2. The Hall–Kier alpha value is -3.93. The number of nitrogens with two attached hydrogens (primary N) is 1. The highest BCUT2D eigenvalue weighted by Crippen LogP contribution is 2.31. The first-order valence-electron chi connectivity index (χ1n) is 9.23. The maximum Gasteiger partial charge on any atom is 0.270 e. The Morgan fingerprint density at radius 1 is 1.00 bits per heavy atom. The number of carbonyl (C=O) groups excluding carboxylic acids is 3. The average Bonchev–Trinajstić information content (AvgIpc) is 3.04. The maximum atomic E-state index is 13.0. The van der Waals surface area contributed by atoms with Gasteiger partial charge in [0.2, 0.25) is 11.8 Å². The molecule has 1 heterocycles. The molecule has 12 heteroatoms. The highest BCUT2D eigenvalue weighted by molar-refractivity contribution is 6.05. The number of nitrogens with one attached hydrogen (secondary N) is 2. The second kappa shape index (κ2) is 9.26. The molecule has 1 aromatic heterocycles. The number of hydrogen-bond donors (Lipinski definition) is 5. The third-order valence-electron chi connectivity index (χ3n) is 4.45. The summed E-state index contributed by atoms with van der Waals surface area (Å²) < 4.78 is 0.928. The van der Waals surface area contributed by atoms with Crippen LogP contribution in [-0.2, 0) is 9.59 Å². The number of Topliss-reactive ketones (excluding diaryl/α,β-unsaturated/α-hetero) is 1. The van der Waals surface area contributed by atoms with Crippen LogP contribution in [0.3, 0.4) is 0 Å². The van der Waals surface area contributed by atoms with Gasteiger partial charge in [0.05, 0.1) is 28.3 Å². The molecule has 1 aromatic carbocycles. The summed E-state index contributed by atoms with van der Waals surface area (Å²) in [6.45, 7) is 4.21. The molecule has 0 saturated carbocycles. The molecule has 0 aliphatic rings. The summed E-state index contributed by atoms with van der Waals surface area (Å²) in [5.41, 5.74) is 4.82. The Bertz CT molecular complexity index is 1010. The Morgan fingerprint density at radius 2 is 1.55 bits per heavy atom. The zero-order chi connectivity index (χ0) is 23.5. The van der Waals surface area contributed by atoms with Gasteiger partial charge in [-0.05, 0) is 26.8 Å². The summed E-state index contributed by atoms with van der Waals surface area (Å²) in [4.78, 5) is 47.5. The van der Waals surface area contributed by atoms with Crippen LogP contribution in [0.15, 0.2) is 30.3 Å². The lowest BCUT2D eigenvalue weighted by atomic mass is 10.0. The number of aromatic nitrogens is 1. The quantitative estimate of drug-likeness (QED) is 0.223. The summed E-state index contributed by atoms with van der Waals surface area (Å²) in [6.07, 6.45) is 0. The van der Waals surface area contributed by atoms with Crippen molar-refractivity contribution in [2.75, 3.05) is 0 Å². The van der Waals surface area contributed by atoms with E-state index in [2.05, 4.69) is 10.6 Å². The lowest BCUT2D eigenvalue weighted by molar-refractivity contribution is -0.384. The number of nitro benzene ring substituents is 1. The number of aromatic hydroxyl groups is 2. The van der Waals surface area contributed by atoms with Crippen LogP contribution in [0.2, 0.25) is 0 Å². The molecular weight excluding hydrogens is 410 g/mol. The van der Waals surface area contributed by atoms with E-state index in [-0.39, 0.29) is 11.3 Å². The Labute approximate surface area is 176 Å². The Balaban J connectivity index is 2.34. The smallest absolute Gasteiger partial charge is 0.270 e. The molecule has 0 radical (unpaired) electrons. The number of benzene rings is 1. The van der Waals surface area contributed by atoms with E-state index in [9.17, 15) is 34.7 Å². The summed E-state index contributed by atoms with van der Waals surface area (Å²) in [5, 5.41) is 36.0. The van der Waals surface area contributed by atoms with Crippen molar-refractivity contribution in [1.29, 1.82) is 0 Å². The minimum atomic E-state index is -1.15. The number of carbonyl (C=O) groups is 3. The van der Waals surface area contributed by atoms with Gasteiger partial charge in [0, 0.05) is 24.3 Å². The summed E-state index contributed by atoms with van der Waals surface area (Å²) in [6, 6.07) is 2.69. The molecule has 31 heavy (non-hydrogen) atoms. The molecule has 0 aliphatic heterocycles. The summed E-state index contributed by atoms with van der Waals surface area (Å²) >= 11 is 0. The van der Waals surface area contributed by atoms with Crippen LogP contribution in [-0.4, -0.2) is 55.4 Å². The van der Waals surface area contributed by atoms with E-state index in [4.69, 9.17) is 5.73 Å². The number of nitro groups is 1. The second-order valence-corrected chi connectivity index (χ2v) is 6.96. The van der Waals surface area contributed by atoms with Crippen LogP contribution in [0.4, 0.5) is 5.69 Å². The summed E-state index contributed by atoms with van der Waals surface area (Å²) in [7, 11) is 0. The second-order valence-electron chi connectivity index (χ2n) is 6.96. The van der Waals surface area contributed by atoms with Crippen molar-refractivity contribution in [2.45, 2.75) is 38.9 Å². The van der Waals surface area contributed by atoms with Gasteiger partial charge in [-0.15, -0.1) is 0 Å². The van der Waals surface area contributed by atoms with Crippen LogP contribution < -0.4 is 16.4 Å². The first-order chi connectivity index (χ1) is 14.4. The number of hydrogen-bond acceptors (Lipinski definition) is 8. The van der Waals surface area contributed by atoms with E-state index in [0.717, 1.165) is 16.7 Å². The van der Waals surface area contributed by atoms with Crippen molar-refractivity contribution < 1.29 is 29.5 Å². The third-order valence-corrected chi connectivity index (χ3v) is 4.45. The highest BCUT2D eigenvalue weighted by atomic mass is 16.6. The van der Waals surface area contributed by atoms with Gasteiger partial charge >= 0.3 is 0 Å². The van der Waals surface area contributed by atoms with Gasteiger partial charge in [0.1, 0.15) is 6.04 Å². The molecule has 0 bridgehead atoms. The lowest BCUT2D eigenvalue weighted by Gasteiger charge is -2.20. The Kier molecular flexibility index (Phi) is 6.97.